The number of ether oxygens (including phenoxy) is 1. The van der Waals surface area contributed by atoms with E-state index in [1.807, 2.05) is 18.3 Å². The number of aryl methyl sites for hydroxylation is 1. The summed E-state index contributed by atoms with van der Waals surface area (Å²) in [5.74, 6) is 0.551. The summed E-state index contributed by atoms with van der Waals surface area (Å²) in [4.78, 5) is 17.2. The molecule has 0 aliphatic heterocycles. The lowest BCUT2D eigenvalue weighted by atomic mass is 10.3. The Labute approximate surface area is 128 Å². The zero-order valence-corrected chi connectivity index (χ0v) is 12.8. The maximum Gasteiger partial charge on any atom is 0.223 e. The molecule has 1 aromatic heterocycles. The number of nitrogens with zero attached hydrogens (tertiary/aromatic N) is 1. The molecule has 2 rings (SSSR count). The van der Waals surface area contributed by atoms with Crippen LogP contribution in [0.5, 0.6) is 5.75 Å². The van der Waals surface area contributed by atoms with Crippen LogP contribution in [0.15, 0.2) is 30.5 Å². The minimum atomic E-state index is -0.0576. The number of nitrogen functional groups attached to an aromatic ring is 1. The molecule has 0 radical (unpaired) electrons. The van der Waals surface area contributed by atoms with Crippen molar-refractivity contribution in [2.45, 2.75) is 26.3 Å². The molecule has 0 unspecified atom stereocenters. The van der Waals surface area contributed by atoms with E-state index in [0.29, 0.717) is 31.0 Å². The second-order valence-corrected chi connectivity index (χ2v) is 5.69. The summed E-state index contributed by atoms with van der Waals surface area (Å²) in [6.07, 6.45) is 3.12. The maximum absolute atomic E-state index is 11.7. The van der Waals surface area contributed by atoms with Gasteiger partial charge in [0.25, 0.3) is 0 Å². The molecule has 3 N–H and O–H groups in total. The first-order chi connectivity index (χ1) is 10.2. The van der Waals surface area contributed by atoms with Crippen LogP contribution in [-0.4, -0.2) is 17.5 Å². The van der Waals surface area contributed by atoms with Crippen LogP contribution in [0.1, 0.15) is 23.2 Å². The standard InChI is InChI=1S/C15H19N3O2S/c1-2-11-9-18-15(21-11)10-17-14(19)7-8-20-13-6-4-3-5-12(13)16/h3-6,9H,2,7-8,10,16H2,1H3,(H,17,19). The average molecular weight is 305 g/mol. The van der Waals surface area contributed by atoms with Crippen molar-refractivity contribution in [1.82, 2.24) is 10.3 Å². The van der Waals surface area contributed by atoms with Crippen LogP contribution in [0.25, 0.3) is 0 Å². The van der Waals surface area contributed by atoms with E-state index in [-0.39, 0.29) is 5.91 Å². The molecule has 0 saturated carbocycles. The number of carbonyl (C=O) groups excluding carboxylic acids is 1. The molecule has 1 aromatic carbocycles. The summed E-state index contributed by atoms with van der Waals surface area (Å²) >= 11 is 1.62. The summed E-state index contributed by atoms with van der Waals surface area (Å²) in [7, 11) is 0. The molecule has 0 aliphatic rings. The predicted molar refractivity (Wildman–Crippen MR) is 84.3 cm³/mol. The number of thiazole rings is 1. The highest BCUT2D eigenvalue weighted by molar-refractivity contribution is 7.11. The Kier molecular flexibility index (Phi) is 5.57. The second kappa shape index (κ2) is 7.64. The van der Waals surface area contributed by atoms with Gasteiger partial charge in [-0.05, 0) is 18.6 Å². The molecule has 0 saturated heterocycles. The quantitative estimate of drug-likeness (QED) is 0.770. The Morgan fingerprint density at radius 1 is 1.43 bits per heavy atom. The number of anilines is 1. The number of rotatable bonds is 7. The van der Waals surface area contributed by atoms with Gasteiger partial charge in [0.05, 0.1) is 25.3 Å². The van der Waals surface area contributed by atoms with Gasteiger partial charge in [0.1, 0.15) is 10.8 Å². The van der Waals surface area contributed by atoms with Crippen molar-refractivity contribution >= 4 is 22.9 Å². The van der Waals surface area contributed by atoms with E-state index >= 15 is 0 Å². The van der Waals surface area contributed by atoms with Gasteiger partial charge < -0.3 is 15.8 Å². The van der Waals surface area contributed by atoms with Gasteiger partial charge in [-0.3, -0.25) is 4.79 Å². The molecular weight excluding hydrogens is 286 g/mol. The number of amides is 1. The molecule has 0 bridgehead atoms. The van der Waals surface area contributed by atoms with E-state index in [2.05, 4.69) is 17.2 Å². The summed E-state index contributed by atoms with van der Waals surface area (Å²) < 4.78 is 5.48. The van der Waals surface area contributed by atoms with Crippen molar-refractivity contribution in [2.75, 3.05) is 12.3 Å². The van der Waals surface area contributed by atoms with E-state index in [9.17, 15) is 4.79 Å². The van der Waals surface area contributed by atoms with Crippen LogP contribution in [0.4, 0.5) is 5.69 Å². The van der Waals surface area contributed by atoms with Crippen molar-refractivity contribution < 1.29 is 9.53 Å². The van der Waals surface area contributed by atoms with Gasteiger partial charge in [-0.25, -0.2) is 4.98 Å². The molecule has 0 fully saturated rings. The average Bonchev–Trinajstić information content (AvgIpc) is 2.95. The number of carbonyl (C=O) groups is 1. The molecule has 21 heavy (non-hydrogen) atoms. The van der Waals surface area contributed by atoms with E-state index in [1.165, 1.54) is 4.88 Å². The highest BCUT2D eigenvalue weighted by atomic mass is 32.1. The van der Waals surface area contributed by atoms with E-state index in [0.717, 1.165) is 11.4 Å². The van der Waals surface area contributed by atoms with Crippen LogP contribution in [0.2, 0.25) is 0 Å². The summed E-state index contributed by atoms with van der Waals surface area (Å²) in [6.45, 7) is 2.86. The SMILES string of the molecule is CCc1cnc(CNC(=O)CCOc2ccccc2N)s1. The number of nitrogens with one attached hydrogen (secondary N) is 1. The van der Waals surface area contributed by atoms with Crippen molar-refractivity contribution in [1.29, 1.82) is 0 Å². The number of aromatic nitrogens is 1. The lowest BCUT2D eigenvalue weighted by Gasteiger charge is -2.08. The van der Waals surface area contributed by atoms with Gasteiger partial charge in [-0.15, -0.1) is 11.3 Å². The van der Waals surface area contributed by atoms with Crippen LogP contribution < -0.4 is 15.8 Å². The largest absolute Gasteiger partial charge is 0.491 e. The first kappa shape index (κ1) is 15.3. The fourth-order valence-electron chi connectivity index (χ4n) is 1.72. The topological polar surface area (TPSA) is 77.2 Å². The Hall–Kier alpha value is -2.08. The molecule has 0 aliphatic carbocycles. The number of para-hydroxylation sites is 2. The first-order valence-electron chi connectivity index (χ1n) is 6.86. The van der Waals surface area contributed by atoms with Crippen molar-refractivity contribution in [3.05, 3.63) is 40.3 Å². The third-order valence-corrected chi connectivity index (χ3v) is 4.03. The molecule has 112 valence electrons. The summed E-state index contributed by atoms with van der Waals surface area (Å²) in [5.41, 5.74) is 6.33. The van der Waals surface area contributed by atoms with Gasteiger partial charge in [-0.2, -0.15) is 0 Å². The first-order valence-corrected chi connectivity index (χ1v) is 7.68. The fraction of sp³-hybridized carbons (Fsp3) is 0.333. The lowest BCUT2D eigenvalue weighted by Crippen LogP contribution is -2.24. The van der Waals surface area contributed by atoms with Crippen molar-refractivity contribution in [3.8, 4) is 5.75 Å². The zero-order valence-electron chi connectivity index (χ0n) is 12.0. The Morgan fingerprint density at radius 2 is 2.24 bits per heavy atom. The molecule has 1 heterocycles. The van der Waals surface area contributed by atoms with Crippen LogP contribution in [0.3, 0.4) is 0 Å². The molecular formula is C15H19N3O2S. The minimum absolute atomic E-state index is 0.0576. The molecule has 2 aromatic rings. The number of hydrogen-bond donors (Lipinski definition) is 2. The van der Waals surface area contributed by atoms with Crippen LogP contribution in [0, 0.1) is 0 Å². The third kappa shape index (κ3) is 4.75. The number of benzene rings is 1. The van der Waals surface area contributed by atoms with Gasteiger partial charge in [0.15, 0.2) is 0 Å². The molecule has 0 atom stereocenters. The van der Waals surface area contributed by atoms with E-state index < -0.39 is 0 Å². The van der Waals surface area contributed by atoms with Crippen molar-refractivity contribution in [3.63, 3.8) is 0 Å². The van der Waals surface area contributed by atoms with Gasteiger partial charge in [0, 0.05) is 11.1 Å². The maximum atomic E-state index is 11.7. The predicted octanol–water partition coefficient (Wildman–Crippen LogP) is 2.37. The smallest absolute Gasteiger partial charge is 0.223 e. The third-order valence-electron chi connectivity index (χ3n) is 2.89. The fourth-order valence-corrected chi connectivity index (χ4v) is 2.52. The lowest BCUT2D eigenvalue weighted by molar-refractivity contribution is -0.121. The minimum Gasteiger partial charge on any atom is -0.491 e. The highest BCUT2D eigenvalue weighted by Crippen LogP contribution is 2.19. The Morgan fingerprint density at radius 3 is 2.95 bits per heavy atom. The number of nitrogens with two attached hydrogens (primary N) is 1. The van der Waals surface area contributed by atoms with E-state index in [1.54, 1.807) is 23.5 Å². The van der Waals surface area contributed by atoms with Crippen LogP contribution in [-0.2, 0) is 17.8 Å². The van der Waals surface area contributed by atoms with E-state index in [4.69, 9.17) is 10.5 Å². The normalized spacial score (nSPS) is 10.3. The van der Waals surface area contributed by atoms with Crippen molar-refractivity contribution in [2.24, 2.45) is 0 Å². The number of hydrogen-bond acceptors (Lipinski definition) is 5. The van der Waals surface area contributed by atoms with Gasteiger partial charge >= 0.3 is 0 Å². The van der Waals surface area contributed by atoms with Crippen LogP contribution >= 0.6 is 11.3 Å². The molecule has 6 heteroatoms. The van der Waals surface area contributed by atoms with Gasteiger partial charge in [0.2, 0.25) is 5.91 Å². The highest BCUT2D eigenvalue weighted by Gasteiger charge is 2.05. The zero-order chi connectivity index (χ0) is 15.1. The Bertz CT molecular complexity index is 598. The summed E-state index contributed by atoms with van der Waals surface area (Å²) in [5, 5.41) is 3.76. The summed E-state index contributed by atoms with van der Waals surface area (Å²) in [6, 6.07) is 7.24. The Balaban J connectivity index is 1.69. The monoisotopic (exact) mass is 305 g/mol. The molecule has 0 spiro atoms. The second-order valence-electron chi connectivity index (χ2n) is 4.49. The molecule has 1 amide bonds. The molecule has 5 nitrogen and oxygen atoms in total. The van der Waals surface area contributed by atoms with Gasteiger partial charge in [-0.1, -0.05) is 19.1 Å².